The van der Waals surface area contributed by atoms with Gasteiger partial charge in [-0.2, -0.15) is 0 Å². The van der Waals surface area contributed by atoms with Gasteiger partial charge in [0.15, 0.2) is 5.17 Å². The molecule has 1 aliphatic rings. The van der Waals surface area contributed by atoms with E-state index in [-0.39, 0.29) is 11.6 Å². The van der Waals surface area contributed by atoms with Crippen molar-refractivity contribution >= 4 is 34.6 Å². The van der Waals surface area contributed by atoms with Gasteiger partial charge in [0.05, 0.1) is 19.1 Å². The van der Waals surface area contributed by atoms with E-state index in [1.165, 1.54) is 6.07 Å². The highest BCUT2D eigenvalue weighted by Crippen LogP contribution is 2.32. The predicted octanol–water partition coefficient (Wildman–Crippen LogP) is 3.73. The van der Waals surface area contributed by atoms with Crippen molar-refractivity contribution in [3.8, 4) is 11.5 Å². The maximum absolute atomic E-state index is 13.7. The summed E-state index contributed by atoms with van der Waals surface area (Å²) in [5, 5.41) is 2.96. The van der Waals surface area contributed by atoms with E-state index in [0.29, 0.717) is 27.1 Å². The fourth-order valence-electron chi connectivity index (χ4n) is 2.23. The Labute approximate surface area is 148 Å². The molecule has 0 spiro atoms. The average Bonchev–Trinajstić information content (AvgIpc) is 2.96. The van der Waals surface area contributed by atoms with Crippen molar-refractivity contribution in [1.82, 2.24) is 5.32 Å². The summed E-state index contributed by atoms with van der Waals surface area (Å²) in [5.41, 5.74) is 0.872. The van der Waals surface area contributed by atoms with Crippen LogP contribution in [0.25, 0.3) is 6.08 Å². The predicted molar refractivity (Wildman–Crippen MR) is 96.8 cm³/mol. The lowest BCUT2D eigenvalue weighted by Crippen LogP contribution is -2.19. The number of aliphatic imine (C=N–C) groups is 1. The van der Waals surface area contributed by atoms with Crippen LogP contribution in [0.5, 0.6) is 11.5 Å². The van der Waals surface area contributed by atoms with E-state index in [2.05, 4.69) is 10.3 Å². The fraction of sp³-hybridized carbons (Fsp3) is 0.111. The molecule has 5 nitrogen and oxygen atoms in total. The zero-order valence-electron chi connectivity index (χ0n) is 13.6. The number of amides is 1. The number of rotatable bonds is 4. The Bertz CT molecular complexity index is 880. The van der Waals surface area contributed by atoms with Crippen molar-refractivity contribution in [3.63, 3.8) is 0 Å². The molecule has 0 radical (unpaired) electrons. The number of ether oxygens (including phenoxy) is 2. The minimum atomic E-state index is -0.447. The lowest BCUT2D eigenvalue weighted by atomic mass is 10.1. The third-order valence-corrected chi connectivity index (χ3v) is 4.36. The average molecular weight is 358 g/mol. The summed E-state index contributed by atoms with van der Waals surface area (Å²) in [6.07, 6.45) is 1.69. The van der Waals surface area contributed by atoms with Crippen LogP contribution >= 0.6 is 11.8 Å². The zero-order valence-corrected chi connectivity index (χ0v) is 14.4. The Hall–Kier alpha value is -2.80. The topological polar surface area (TPSA) is 59.9 Å². The Morgan fingerprint density at radius 1 is 1.16 bits per heavy atom. The molecule has 1 saturated heterocycles. The Kier molecular flexibility index (Phi) is 5.04. The number of hydrogen-bond donors (Lipinski definition) is 1. The molecular weight excluding hydrogens is 343 g/mol. The molecule has 0 saturated carbocycles. The van der Waals surface area contributed by atoms with Crippen molar-refractivity contribution in [2.24, 2.45) is 4.99 Å². The van der Waals surface area contributed by atoms with Gasteiger partial charge in [-0.15, -0.1) is 0 Å². The van der Waals surface area contributed by atoms with Crippen molar-refractivity contribution in [3.05, 3.63) is 58.8 Å². The number of amidine groups is 1. The second-order valence-corrected chi connectivity index (χ2v) is 6.07. The molecule has 0 unspecified atom stereocenters. The molecule has 2 aromatic rings. The van der Waals surface area contributed by atoms with Gasteiger partial charge in [0.1, 0.15) is 23.0 Å². The van der Waals surface area contributed by atoms with Crippen LogP contribution in [0.2, 0.25) is 0 Å². The highest BCUT2D eigenvalue weighted by molar-refractivity contribution is 8.18. The molecule has 128 valence electrons. The summed E-state index contributed by atoms with van der Waals surface area (Å²) in [6.45, 7) is 0. The number of halogens is 1. The number of methoxy groups -OCH3 is 2. The monoisotopic (exact) mass is 358 g/mol. The molecule has 1 amide bonds. The quantitative estimate of drug-likeness (QED) is 0.846. The Morgan fingerprint density at radius 2 is 1.96 bits per heavy atom. The van der Waals surface area contributed by atoms with Gasteiger partial charge < -0.3 is 14.8 Å². The summed E-state index contributed by atoms with van der Waals surface area (Å²) in [4.78, 5) is 16.8. The summed E-state index contributed by atoms with van der Waals surface area (Å²) in [6, 6.07) is 11.4. The van der Waals surface area contributed by atoms with E-state index in [1.54, 1.807) is 56.7 Å². The molecule has 1 heterocycles. The van der Waals surface area contributed by atoms with Crippen LogP contribution in [-0.2, 0) is 4.79 Å². The van der Waals surface area contributed by atoms with Crippen molar-refractivity contribution < 1.29 is 18.7 Å². The summed E-state index contributed by atoms with van der Waals surface area (Å²) < 4.78 is 24.2. The second kappa shape index (κ2) is 7.40. The number of nitrogens with one attached hydrogen (secondary N) is 1. The normalized spacial score (nSPS) is 17.0. The van der Waals surface area contributed by atoms with Crippen LogP contribution in [0.4, 0.5) is 10.1 Å². The van der Waals surface area contributed by atoms with Crippen LogP contribution in [0.1, 0.15) is 5.56 Å². The van der Waals surface area contributed by atoms with Gasteiger partial charge >= 0.3 is 0 Å². The van der Waals surface area contributed by atoms with Crippen LogP contribution in [-0.4, -0.2) is 25.3 Å². The minimum absolute atomic E-state index is 0.172. The van der Waals surface area contributed by atoms with E-state index < -0.39 is 5.82 Å². The molecule has 1 N–H and O–H groups in total. The van der Waals surface area contributed by atoms with Crippen molar-refractivity contribution in [1.29, 1.82) is 0 Å². The van der Waals surface area contributed by atoms with Gasteiger partial charge in [0.2, 0.25) is 0 Å². The Balaban J connectivity index is 1.91. The SMILES string of the molecule is COc1ccc(OC)c(C=C2SC(=Nc3ccccc3F)NC2=O)c1. The number of carbonyl (C=O) groups excluding carboxylic acids is 1. The van der Waals surface area contributed by atoms with Crippen LogP contribution in [0.15, 0.2) is 52.4 Å². The zero-order chi connectivity index (χ0) is 17.8. The van der Waals surface area contributed by atoms with Crippen molar-refractivity contribution in [2.45, 2.75) is 0 Å². The number of para-hydroxylation sites is 1. The number of thioether (sulfide) groups is 1. The third-order valence-electron chi connectivity index (χ3n) is 3.45. The number of carbonyl (C=O) groups is 1. The molecule has 1 fully saturated rings. The summed E-state index contributed by atoms with van der Waals surface area (Å²) in [7, 11) is 3.12. The first-order chi connectivity index (χ1) is 12.1. The van der Waals surface area contributed by atoms with E-state index in [4.69, 9.17) is 9.47 Å². The van der Waals surface area contributed by atoms with Gasteiger partial charge in [-0.05, 0) is 48.2 Å². The number of nitrogens with zero attached hydrogens (tertiary/aromatic N) is 1. The fourth-order valence-corrected chi connectivity index (χ4v) is 3.05. The molecule has 25 heavy (non-hydrogen) atoms. The smallest absolute Gasteiger partial charge is 0.264 e. The highest BCUT2D eigenvalue weighted by Gasteiger charge is 2.24. The van der Waals surface area contributed by atoms with Gasteiger partial charge in [-0.25, -0.2) is 9.38 Å². The minimum Gasteiger partial charge on any atom is -0.497 e. The van der Waals surface area contributed by atoms with Gasteiger partial charge in [-0.3, -0.25) is 4.79 Å². The molecule has 3 rings (SSSR count). The molecule has 0 aromatic heterocycles. The van der Waals surface area contributed by atoms with Gasteiger partial charge in [0, 0.05) is 5.56 Å². The Morgan fingerprint density at radius 3 is 2.68 bits per heavy atom. The first-order valence-corrected chi connectivity index (χ1v) is 8.18. The molecule has 0 atom stereocenters. The molecule has 7 heteroatoms. The first-order valence-electron chi connectivity index (χ1n) is 7.37. The maximum Gasteiger partial charge on any atom is 0.264 e. The molecule has 0 bridgehead atoms. The summed E-state index contributed by atoms with van der Waals surface area (Å²) >= 11 is 1.14. The first kappa shape index (κ1) is 17.0. The van der Waals surface area contributed by atoms with Crippen molar-refractivity contribution in [2.75, 3.05) is 14.2 Å². The standard InChI is InChI=1S/C18H15FN2O3S/c1-23-12-7-8-15(24-2)11(9-12)10-16-17(22)21-18(25-16)20-14-6-4-3-5-13(14)19/h3-10H,1-2H3,(H,20,21,22). The molecule has 2 aromatic carbocycles. The number of hydrogen-bond acceptors (Lipinski definition) is 5. The lowest BCUT2D eigenvalue weighted by molar-refractivity contribution is -0.115. The largest absolute Gasteiger partial charge is 0.497 e. The number of benzene rings is 2. The molecule has 0 aliphatic carbocycles. The van der Waals surface area contributed by atoms with Crippen LogP contribution in [0.3, 0.4) is 0 Å². The maximum atomic E-state index is 13.7. The highest BCUT2D eigenvalue weighted by atomic mass is 32.2. The summed E-state index contributed by atoms with van der Waals surface area (Å²) in [5.74, 6) is 0.513. The van der Waals surface area contributed by atoms with Gasteiger partial charge in [-0.1, -0.05) is 12.1 Å². The molecule has 1 aliphatic heterocycles. The van der Waals surface area contributed by atoms with E-state index >= 15 is 0 Å². The van der Waals surface area contributed by atoms with Crippen LogP contribution < -0.4 is 14.8 Å². The van der Waals surface area contributed by atoms with E-state index in [1.807, 2.05) is 0 Å². The van der Waals surface area contributed by atoms with E-state index in [0.717, 1.165) is 11.8 Å². The van der Waals surface area contributed by atoms with Crippen LogP contribution in [0, 0.1) is 5.82 Å². The van der Waals surface area contributed by atoms with E-state index in [9.17, 15) is 9.18 Å². The second-order valence-electron chi connectivity index (χ2n) is 5.04. The van der Waals surface area contributed by atoms with Gasteiger partial charge in [0.25, 0.3) is 5.91 Å². The molecular formula is C18H15FN2O3S. The third kappa shape index (κ3) is 3.83. The lowest BCUT2D eigenvalue weighted by Gasteiger charge is -2.07.